The third kappa shape index (κ3) is 2.42. The number of fused-ring (bicyclic) bond motifs is 1. The Balaban J connectivity index is 1.77. The number of pyridine rings is 1. The van der Waals surface area contributed by atoms with Crippen molar-refractivity contribution in [3.8, 4) is 0 Å². The van der Waals surface area contributed by atoms with Gasteiger partial charge in [0.2, 0.25) is 0 Å². The molecule has 0 saturated heterocycles. The van der Waals surface area contributed by atoms with Gasteiger partial charge in [0.25, 0.3) is 5.91 Å². The predicted octanol–water partition coefficient (Wildman–Crippen LogP) is 2.33. The molecule has 1 aromatic carbocycles. The van der Waals surface area contributed by atoms with E-state index in [9.17, 15) is 4.79 Å². The molecular weight excluding hydrogens is 252 g/mol. The summed E-state index contributed by atoms with van der Waals surface area (Å²) in [6, 6.07) is 11.1. The van der Waals surface area contributed by atoms with Crippen LogP contribution >= 0.6 is 0 Å². The summed E-state index contributed by atoms with van der Waals surface area (Å²) in [4.78, 5) is 19.1. The van der Waals surface area contributed by atoms with E-state index in [1.54, 1.807) is 36.8 Å². The Bertz CT molecular complexity index is 762. The molecule has 0 fully saturated rings. The first-order valence-electron chi connectivity index (χ1n) is 6.14. The lowest BCUT2D eigenvalue weighted by atomic mass is 10.1. The average molecular weight is 264 g/mol. The van der Waals surface area contributed by atoms with Gasteiger partial charge in [-0.2, -0.15) is 5.10 Å². The number of rotatable bonds is 3. The SMILES string of the molecule is O=C(N/N=C\c1ccncc1)c1cccc2cc[nH]c12. The van der Waals surface area contributed by atoms with E-state index in [2.05, 4.69) is 20.5 Å². The van der Waals surface area contributed by atoms with Crippen molar-refractivity contribution in [2.45, 2.75) is 0 Å². The van der Waals surface area contributed by atoms with Gasteiger partial charge in [0.1, 0.15) is 0 Å². The second-order valence-corrected chi connectivity index (χ2v) is 4.23. The quantitative estimate of drug-likeness (QED) is 0.563. The monoisotopic (exact) mass is 264 g/mol. The molecule has 0 aliphatic carbocycles. The van der Waals surface area contributed by atoms with Crippen molar-refractivity contribution in [1.29, 1.82) is 0 Å². The van der Waals surface area contributed by atoms with Gasteiger partial charge in [-0.3, -0.25) is 9.78 Å². The number of aromatic amines is 1. The Morgan fingerprint density at radius 1 is 1.20 bits per heavy atom. The highest BCUT2D eigenvalue weighted by Gasteiger charge is 2.09. The molecule has 5 heteroatoms. The van der Waals surface area contributed by atoms with E-state index in [0.717, 1.165) is 16.5 Å². The van der Waals surface area contributed by atoms with Crippen LogP contribution in [0.4, 0.5) is 0 Å². The normalized spacial score (nSPS) is 11.0. The number of nitrogens with zero attached hydrogens (tertiary/aromatic N) is 2. The molecule has 0 unspecified atom stereocenters. The molecule has 2 heterocycles. The number of amides is 1. The highest BCUT2D eigenvalue weighted by molar-refractivity contribution is 6.05. The summed E-state index contributed by atoms with van der Waals surface area (Å²) >= 11 is 0. The molecule has 0 radical (unpaired) electrons. The van der Waals surface area contributed by atoms with Gasteiger partial charge in [-0.25, -0.2) is 5.43 Å². The van der Waals surface area contributed by atoms with E-state index >= 15 is 0 Å². The summed E-state index contributed by atoms with van der Waals surface area (Å²) in [6.45, 7) is 0. The molecular formula is C15H12N4O. The zero-order chi connectivity index (χ0) is 13.8. The van der Waals surface area contributed by atoms with Gasteiger partial charge in [0, 0.05) is 24.0 Å². The number of H-pyrrole nitrogens is 1. The van der Waals surface area contributed by atoms with Crippen LogP contribution in [0.1, 0.15) is 15.9 Å². The molecule has 3 aromatic rings. The van der Waals surface area contributed by atoms with Crippen molar-refractivity contribution in [1.82, 2.24) is 15.4 Å². The molecule has 2 aromatic heterocycles. The van der Waals surface area contributed by atoms with E-state index in [-0.39, 0.29) is 5.91 Å². The van der Waals surface area contributed by atoms with Gasteiger partial charge < -0.3 is 4.98 Å². The lowest BCUT2D eigenvalue weighted by molar-refractivity contribution is 0.0956. The smallest absolute Gasteiger partial charge is 0.273 e. The number of para-hydroxylation sites is 1. The van der Waals surface area contributed by atoms with Gasteiger partial charge >= 0.3 is 0 Å². The summed E-state index contributed by atoms with van der Waals surface area (Å²) in [5.41, 5.74) is 4.77. The van der Waals surface area contributed by atoms with Gasteiger partial charge in [-0.05, 0) is 29.8 Å². The van der Waals surface area contributed by atoms with Gasteiger partial charge in [0.05, 0.1) is 17.3 Å². The minimum Gasteiger partial charge on any atom is -0.361 e. The Morgan fingerprint density at radius 3 is 2.90 bits per heavy atom. The molecule has 98 valence electrons. The highest BCUT2D eigenvalue weighted by atomic mass is 16.2. The number of hydrogen-bond acceptors (Lipinski definition) is 3. The van der Waals surface area contributed by atoms with E-state index in [4.69, 9.17) is 0 Å². The average Bonchev–Trinajstić information content (AvgIpc) is 2.96. The summed E-state index contributed by atoms with van der Waals surface area (Å²) in [6.07, 6.45) is 6.72. The maximum Gasteiger partial charge on any atom is 0.273 e. The second kappa shape index (κ2) is 5.36. The van der Waals surface area contributed by atoms with Crippen molar-refractivity contribution in [2.24, 2.45) is 5.10 Å². The molecule has 3 rings (SSSR count). The number of hydrogen-bond donors (Lipinski definition) is 2. The third-order valence-electron chi connectivity index (χ3n) is 2.92. The lowest BCUT2D eigenvalue weighted by Gasteiger charge is -2.01. The maximum absolute atomic E-state index is 12.1. The van der Waals surface area contributed by atoms with Crippen molar-refractivity contribution in [2.75, 3.05) is 0 Å². The molecule has 0 atom stereocenters. The Kier molecular flexibility index (Phi) is 3.24. The molecule has 0 spiro atoms. The van der Waals surface area contributed by atoms with Crippen molar-refractivity contribution < 1.29 is 4.79 Å². The van der Waals surface area contributed by atoms with Crippen LogP contribution in [-0.4, -0.2) is 22.1 Å². The van der Waals surface area contributed by atoms with Crippen LogP contribution in [-0.2, 0) is 0 Å². The van der Waals surface area contributed by atoms with Crippen LogP contribution in [0.2, 0.25) is 0 Å². The summed E-state index contributed by atoms with van der Waals surface area (Å²) in [5, 5.41) is 4.94. The standard InChI is InChI=1S/C15H12N4O/c20-15(19-18-10-11-4-7-16-8-5-11)13-3-1-2-12-6-9-17-14(12)13/h1-10,17H,(H,19,20)/b18-10-. The highest BCUT2D eigenvalue weighted by Crippen LogP contribution is 2.16. The Morgan fingerprint density at radius 2 is 2.05 bits per heavy atom. The molecule has 5 nitrogen and oxygen atoms in total. The number of benzene rings is 1. The topological polar surface area (TPSA) is 70.1 Å². The summed E-state index contributed by atoms with van der Waals surface area (Å²) in [7, 11) is 0. The molecule has 20 heavy (non-hydrogen) atoms. The fraction of sp³-hybridized carbons (Fsp3) is 0. The van der Waals surface area contributed by atoms with Crippen LogP contribution < -0.4 is 5.43 Å². The molecule has 0 saturated carbocycles. The van der Waals surface area contributed by atoms with E-state index < -0.39 is 0 Å². The largest absolute Gasteiger partial charge is 0.361 e. The first-order chi connectivity index (χ1) is 9.84. The van der Waals surface area contributed by atoms with Gasteiger partial charge in [0.15, 0.2) is 0 Å². The minimum absolute atomic E-state index is 0.247. The minimum atomic E-state index is -0.247. The second-order valence-electron chi connectivity index (χ2n) is 4.23. The van der Waals surface area contributed by atoms with E-state index in [0.29, 0.717) is 5.56 Å². The van der Waals surface area contributed by atoms with Gasteiger partial charge in [-0.1, -0.05) is 12.1 Å². The van der Waals surface area contributed by atoms with E-state index in [1.807, 2.05) is 24.4 Å². The van der Waals surface area contributed by atoms with Crippen LogP contribution in [0.5, 0.6) is 0 Å². The van der Waals surface area contributed by atoms with Crippen molar-refractivity contribution >= 4 is 23.0 Å². The van der Waals surface area contributed by atoms with E-state index in [1.165, 1.54) is 0 Å². The summed E-state index contributed by atoms with van der Waals surface area (Å²) in [5.74, 6) is -0.247. The van der Waals surface area contributed by atoms with Gasteiger partial charge in [-0.15, -0.1) is 0 Å². The molecule has 2 N–H and O–H groups in total. The van der Waals surface area contributed by atoms with Crippen LogP contribution in [0.25, 0.3) is 10.9 Å². The molecule has 0 bridgehead atoms. The van der Waals surface area contributed by atoms with Crippen molar-refractivity contribution in [3.05, 3.63) is 66.1 Å². The number of aromatic nitrogens is 2. The van der Waals surface area contributed by atoms with Crippen molar-refractivity contribution in [3.63, 3.8) is 0 Å². The zero-order valence-corrected chi connectivity index (χ0v) is 10.6. The maximum atomic E-state index is 12.1. The summed E-state index contributed by atoms with van der Waals surface area (Å²) < 4.78 is 0. The first-order valence-corrected chi connectivity index (χ1v) is 6.14. The zero-order valence-electron chi connectivity index (χ0n) is 10.6. The third-order valence-corrected chi connectivity index (χ3v) is 2.92. The molecule has 0 aliphatic heterocycles. The molecule has 1 amide bonds. The first kappa shape index (κ1) is 12.1. The fourth-order valence-electron chi connectivity index (χ4n) is 1.95. The fourth-order valence-corrected chi connectivity index (χ4v) is 1.95. The number of carbonyl (C=O) groups excluding carboxylic acids is 1. The number of carbonyl (C=O) groups is 1. The van der Waals surface area contributed by atoms with Crippen LogP contribution in [0.3, 0.4) is 0 Å². The Labute approximate surface area is 115 Å². The number of hydrazone groups is 1. The number of nitrogens with one attached hydrogen (secondary N) is 2. The Hall–Kier alpha value is -2.95. The van der Waals surface area contributed by atoms with Crippen LogP contribution in [0, 0.1) is 0 Å². The lowest BCUT2D eigenvalue weighted by Crippen LogP contribution is -2.17. The van der Waals surface area contributed by atoms with Crippen LogP contribution in [0.15, 0.2) is 60.1 Å². The molecule has 0 aliphatic rings. The predicted molar refractivity (Wildman–Crippen MR) is 77.6 cm³/mol.